The van der Waals surface area contributed by atoms with Gasteiger partial charge in [-0.2, -0.15) is 0 Å². The monoisotopic (exact) mass is 306 g/mol. The molecule has 0 aliphatic carbocycles. The van der Waals surface area contributed by atoms with Crippen LogP contribution in [0.4, 0.5) is 11.4 Å². The average Bonchev–Trinajstić information content (AvgIpc) is 2.47. The Morgan fingerprint density at radius 3 is 2.77 bits per heavy atom. The predicted molar refractivity (Wildman–Crippen MR) is 84.4 cm³/mol. The maximum atomic E-state index is 12.1. The van der Waals surface area contributed by atoms with Gasteiger partial charge >= 0.3 is 5.97 Å². The van der Waals surface area contributed by atoms with Gasteiger partial charge in [0.25, 0.3) is 5.91 Å². The molecular formula is C16H22N2O4. The van der Waals surface area contributed by atoms with Crippen LogP contribution in [0.15, 0.2) is 18.2 Å². The van der Waals surface area contributed by atoms with Crippen LogP contribution in [0.25, 0.3) is 0 Å². The number of hydrogen-bond acceptors (Lipinski definition) is 4. The molecule has 0 fully saturated rings. The van der Waals surface area contributed by atoms with Gasteiger partial charge in [-0.1, -0.05) is 20.8 Å². The lowest BCUT2D eigenvalue weighted by atomic mass is 10.1. The first-order valence-corrected chi connectivity index (χ1v) is 7.42. The SMILES string of the molecule is CC(C)CN1C(=O)COc2ccc(NCC(C)C(=O)O)cc21. The number of benzene rings is 1. The summed E-state index contributed by atoms with van der Waals surface area (Å²) in [6.45, 7) is 6.77. The molecule has 1 aliphatic heterocycles. The van der Waals surface area contributed by atoms with Crippen molar-refractivity contribution in [2.75, 3.05) is 29.9 Å². The van der Waals surface area contributed by atoms with Crippen molar-refractivity contribution in [1.82, 2.24) is 0 Å². The van der Waals surface area contributed by atoms with Crippen LogP contribution in [0.5, 0.6) is 5.75 Å². The molecule has 2 rings (SSSR count). The van der Waals surface area contributed by atoms with Crippen LogP contribution in [0.2, 0.25) is 0 Å². The second-order valence-corrected chi connectivity index (χ2v) is 5.99. The number of nitrogens with zero attached hydrogens (tertiary/aromatic N) is 1. The minimum absolute atomic E-state index is 0.0581. The van der Waals surface area contributed by atoms with E-state index in [-0.39, 0.29) is 12.5 Å². The van der Waals surface area contributed by atoms with Crippen LogP contribution in [0.3, 0.4) is 0 Å². The molecule has 1 atom stereocenters. The molecule has 6 nitrogen and oxygen atoms in total. The molecule has 1 aliphatic rings. The van der Waals surface area contributed by atoms with Crippen molar-refractivity contribution < 1.29 is 19.4 Å². The molecular weight excluding hydrogens is 284 g/mol. The molecule has 1 heterocycles. The highest BCUT2D eigenvalue weighted by Crippen LogP contribution is 2.35. The smallest absolute Gasteiger partial charge is 0.308 e. The molecule has 0 saturated heterocycles. The zero-order valence-corrected chi connectivity index (χ0v) is 13.1. The second-order valence-electron chi connectivity index (χ2n) is 5.99. The molecule has 0 saturated carbocycles. The number of aliphatic carboxylic acids is 1. The molecule has 120 valence electrons. The minimum Gasteiger partial charge on any atom is -0.482 e. The van der Waals surface area contributed by atoms with Crippen LogP contribution in [0, 0.1) is 11.8 Å². The summed E-state index contributed by atoms with van der Waals surface area (Å²) in [6, 6.07) is 5.48. The maximum absolute atomic E-state index is 12.1. The van der Waals surface area contributed by atoms with E-state index in [9.17, 15) is 9.59 Å². The third-order valence-corrected chi connectivity index (χ3v) is 3.48. The Morgan fingerprint density at radius 1 is 1.41 bits per heavy atom. The fourth-order valence-corrected chi connectivity index (χ4v) is 2.24. The van der Waals surface area contributed by atoms with E-state index in [4.69, 9.17) is 9.84 Å². The van der Waals surface area contributed by atoms with Crippen molar-refractivity contribution in [2.45, 2.75) is 20.8 Å². The number of rotatable bonds is 6. The first kappa shape index (κ1) is 16.1. The summed E-state index contributed by atoms with van der Waals surface area (Å²) in [5, 5.41) is 12.0. The number of hydrogen-bond donors (Lipinski definition) is 2. The number of fused-ring (bicyclic) bond motifs is 1. The number of carbonyl (C=O) groups is 2. The quantitative estimate of drug-likeness (QED) is 0.842. The number of amides is 1. The van der Waals surface area contributed by atoms with Gasteiger partial charge in [-0.3, -0.25) is 9.59 Å². The fraction of sp³-hybridized carbons (Fsp3) is 0.500. The molecule has 1 aromatic carbocycles. The topological polar surface area (TPSA) is 78.9 Å². The van der Waals surface area contributed by atoms with E-state index in [0.29, 0.717) is 24.8 Å². The molecule has 0 aromatic heterocycles. The normalized spacial score (nSPS) is 15.3. The predicted octanol–water partition coefficient (Wildman–Crippen LogP) is 2.20. The van der Waals surface area contributed by atoms with Crippen molar-refractivity contribution in [1.29, 1.82) is 0 Å². The van der Waals surface area contributed by atoms with Crippen LogP contribution in [-0.2, 0) is 9.59 Å². The highest BCUT2D eigenvalue weighted by Gasteiger charge is 2.26. The Balaban J connectivity index is 2.18. The first-order chi connectivity index (χ1) is 10.4. The molecule has 1 amide bonds. The standard InChI is InChI=1S/C16H22N2O4/c1-10(2)8-18-13-6-12(17-7-11(3)16(20)21)4-5-14(13)22-9-15(18)19/h4-6,10-11,17H,7-9H2,1-3H3,(H,20,21). The summed E-state index contributed by atoms with van der Waals surface area (Å²) < 4.78 is 5.45. The van der Waals surface area contributed by atoms with Gasteiger partial charge in [-0.25, -0.2) is 0 Å². The summed E-state index contributed by atoms with van der Waals surface area (Å²) >= 11 is 0. The van der Waals surface area contributed by atoms with Crippen molar-refractivity contribution >= 4 is 23.3 Å². The lowest BCUT2D eigenvalue weighted by molar-refractivity contribution is -0.140. The number of anilines is 2. The summed E-state index contributed by atoms with van der Waals surface area (Å²) in [6.07, 6.45) is 0. The third kappa shape index (κ3) is 3.69. The number of ether oxygens (including phenoxy) is 1. The van der Waals surface area contributed by atoms with Crippen molar-refractivity contribution in [2.24, 2.45) is 11.8 Å². The van der Waals surface area contributed by atoms with Crippen molar-refractivity contribution in [3.8, 4) is 5.75 Å². The Kier molecular flexibility index (Phi) is 4.90. The summed E-state index contributed by atoms with van der Waals surface area (Å²) in [5.41, 5.74) is 1.51. The summed E-state index contributed by atoms with van der Waals surface area (Å²) in [4.78, 5) is 24.7. The second kappa shape index (κ2) is 6.68. The van der Waals surface area contributed by atoms with E-state index in [1.165, 1.54) is 0 Å². The average molecular weight is 306 g/mol. The Morgan fingerprint density at radius 2 is 2.14 bits per heavy atom. The van der Waals surface area contributed by atoms with Gasteiger partial charge in [0, 0.05) is 18.8 Å². The molecule has 0 spiro atoms. The highest BCUT2D eigenvalue weighted by molar-refractivity contribution is 5.98. The van der Waals surface area contributed by atoms with Gasteiger partial charge in [-0.05, 0) is 24.1 Å². The van der Waals surface area contributed by atoms with Gasteiger partial charge in [0.2, 0.25) is 0 Å². The minimum atomic E-state index is -0.842. The van der Waals surface area contributed by atoms with Crippen molar-refractivity contribution in [3.05, 3.63) is 18.2 Å². The lowest BCUT2D eigenvalue weighted by Crippen LogP contribution is -2.41. The largest absolute Gasteiger partial charge is 0.482 e. The van der Waals surface area contributed by atoms with E-state index in [2.05, 4.69) is 19.2 Å². The van der Waals surface area contributed by atoms with E-state index in [0.717, 1.165) is 11.4 Å². The zero-order valence-electron chi connectivity index (χ0n) is 13.1. The number of carboxylic acid groups (broad SMARTS) is 1. The van der Waals surface area contributed by atoms with Gasteiger partial charge in [0.15, 0.2) is 6.61 Å². The van der Waals surface area contributed by atoms with Crippen LogP contribution in [0.1, 0.15) is 20.8 Å². The van der Waals surface area contributed by atoms with Crippen LogP contribution in [-0.4, -0.2) is 36.7 Å². The van der Waals surface area contributed by atoms with Gasteiger partial charge in [-0.15, -0.1) is 0 Å². The molecule has 22 heavy (non-hydrogen) atoms. The number of nitrogens with one attached hydrogen (secondary N) is 1. The van der Waals surface area contributed by atoms with E-state index in [1.807, 2.05) is 18.2 Å². The third-order valence-electron chi connectivity index (χ3n) is 3.48. The molecule has 0 bridgehead atoms. The summed E-state index contributed by atoms with van der Waals surface area (Å²) in [7, 11) is 0. The molecule has 1 aromatic rings. The van der Waals surface area contributed by atoms with Crippen LogP contribution >= 0.6 is 0 Å². The maximum Gasteiger partial charge on any atom is 0.308 e. The summed E-state index contributed by atoms with van der Waals surface area (Å²) in [5.74, 6) is -0.362. The number of carbonyl (C=O) groups excluding carboxylic acids is 1. The zero-order chi connectivity index (χ0) is 16.3. The Labute approximate surface area is 130 Å². The Hall–Kier alpha value is -2.24. The number of carboxylic acids is 1. The van der Waals surface area contributed by atoms with E-state index >= 15 is 0 Å². The fourth-order valence-electron chi connectivity index (χ4n) is 2.24. The van der Waals surface area contributed by atoms with Crippen LogP contribution < -0.4 is 15.0 Å². The molecule has 0 radical (unpaired) electrons. The van der Waals surface area contributed by atoms with E-state index < -0.39 is 11.9 Å². The highest BCUT2D eigenvalue weighted by atomic mass is 16.5. The van der Waals surface area contributed by atoms with Gasteiger partial charge < -0.3 is 20.1 Å². The van der Waals surface area contributed by atoms with Gasteiger partial charge in [0.05, 0.1) is 11.6 Å². The molecule has 1 unspecified atom stereocenters. The van der Waals surface area contributed by atoms with Crippen molar-refractivity contribution in [3.63, 3.8) is 0 Å². The van der Waals surface area contributed by atoms with Gasteiger partial charge in [0.1, 0.15) is 5.75 Å². The lowest BCUT2D eigenvalue weighted by Gasteiger charge is -2.31. The first-order valence-electron chi connectivity index (χ1n) is 7.42. The molecule has 6 heteroatoms. The Bertz CT molecular complexity index is 571. The van der Waals surface area contributed by atoms with E-state index in [1.54, 1.807) is 11.8 Å². The molecule has 2 N–H and O–H groups in total.